The van der Waals surface area contributed by atoms with Gasteiger partial charge >= 0.3 is 0 Å². The van der Waals surface area contributed by atoms with E-state index in [1.54, 1.807) is 6.20 Å². The van der Waals surface area contributed by atoms with E-state index in [0.29, 0.717) is 19.3 Å². The van der Waals surface area contributed by atoms with E-state index in [0.717, 1.165) is 24.3 Å². The highest BCUT2D eigenvalue weighted by atomic mass is 19.1. The lowest BCUT2D eigenvalue weighted by Gasteiger charge is -2.30. The van der Waals surface area contributed by atoms with Gasteiger partial charge in [0.1, 0.15) is 11.3 Å². The lowest BCUT2D eigenvalue weighted by atomic mass is 9.88. The normalized spacial score (nSPS) is 19.6. The lowest BCUT2D eigenvalue weighted by Crippen LogP contribution is -2.40. The second-order valence-corrected chi connectivity index (χ2v) is 4.81. The molecule has 1 aliphatic heterocycles. The molecule has 0 atom stereocenters. The minimum Gasteiger partial charge on any atom is -0.316 e. The van der Waals surface area contributed by atoms with E-state index in [4.69, 9.17) is 0 Å². The first-order valence-electron chi connectivity index (χ1n) is 6.06. The summed E-state index contributed by atoms with van der Waals surface area (Å²) in [6.45, 7) is 1.56. The molecule has 2 aromatic rings. The van der Waals surface area contributed by atoms with Crippen molar-refractivity contribution >= 4 is 5.65 Å². The number of hydrogen-bond acceptors (Lipinski definition) is 2. The second-order valence-electron chi connectivity index (χ2n) is 4.81. The molecule has 17 heavy (non-hydrogen) atoms. The third-order valence-electron chi connectivity index (χ3n) is 3.48. The highest BCUT2D eigenvalue weighted by Crippen LogP contribution is 2.27. The van der Waals surface area contributed by atoms with Crippen LogP contribution in [0.15, 0.2) is 30.7 Å². The summed E-state index contributed by atoms with van der Waals surface area (Å²) in [6, 6.07) is 3.96. The molecule has 0 saturated carbocycles. The van der Waals surface area contributed by atoms with Crippen LogP contribution >= 0.6 is 0 Å². The molecule has 1 fully saturated rings. The molecule has 0 spiro atoms. The maximum atomic E-state index is 14.5. The molecule has 0 amide bonds. The average molecular weight is 233 g/mol. The highest BCUT2D eigenvalue weighted by Gasteiger charge is 2.31. The van der Waals surface area contributed by atoms with Crippen molar-refractivity contribution in [1.29, 1.82) is 0 Å². The summed E-state index contributed by atoms with van der Waals surface area (Å²) in [4.78, 5) is 4.22. The number of piperidine rings is 1. The summed E-state index contributed by atoms with van der Waals surface area (Å²) in [5.41, 5.74) is 0.879. The molecule has 90 valence electrons. The Morgan fingerprint density at radius 3 is 3.00 bits per heavy atom. The maximum absolute atomic E-state index is 14.5. The number of pyridine rings is 1. The summed E-state index contributed by atoms with van der Waals surface area (Å²) >= 11 is 0. The zero-order valence-electron chi connectivity index (χ0n) is 9.69. The maximum Gasteiger partial charge on any atom is 0.136 e. The Kier molecular flexibility index (Phi) is 2.59. The smallest absolute Gasteiger partial charge is 0.136 e. The van der Waals surface area contributed by atoms with Gasteiger partial charge in [-0.15, -0.1) is 0 Å². The average Bonchev–Trinajstić information content (AvgIpc) is 2.76. The first-order chi connectivity index (χ1) is 8.25. The van der Waals surface area contributed by atoms with Crippen molar-refractivity contribution in [2.75, 3.05) is 13.1 Å². The second kappa shape index (κ2) is 4.11. The van der Waals surface area contributed by atoms with Crippen LogP contribution in [-0.2, 0) is 6.42 Å². The van der Waals surface area contributed by atoms with Crippen LogP contribution in [0.5, 0.6) is 0 Å². The zero-order valence-corrected chi connectivity index (χ0v) is 9.69. The number of alkyl halides is 1. The first kappa shape index (κ1) is 10.7. The lowest BCUT2D eigenvalue weighted by molar-refractivity contribution is 0.116. The summed E-state index contributed by atoms with van der Waals surface area (Å²) in [7, 11) is 0. The summed E-state index contributed by atoms with van der Waals surface area (Å²) in [5, 5.41) is 3.19. The number of hydrogen-bond donors (Lipinski definition) is 1. The highest BCUT2D eigenvalue weighted by molar-refractivity contribution is 5.41. The van der Waals surface area contributed by atoms with E-state index in [1.807, 2.05) is 28.9 Å². The zero-order chi connectivity index (χ0) is 11.7. The molecule has 0 unspecified atom stereocenters. The predicted molar refractivity (Wildman–Crippen MR) is 64.8 cm³/mol. The van der Waals surface area contributed by atoms with Crippen molar-refractivity contribution in [3.63, 3.8) is 0 Å². The van der Waals surface area contributed by atoms with E-state index in [1.165, 1.54) is 0 Å². The molecule has 3 heterocycles. The van der Waals surface area contributed by atoms with Gasteiger partial charge in [0.2, 0.25) is 0 Å². The van der Waals surface area contributed by atoms with Crippen molar-refractivity contribution in [2.45, 2.75) is 24.9 Å². The molecule has 4 heteroatoms. The summed E-state index contributed by atoms with van der Waals surface area (Å²) in [6.07, 6.45) is 7.31. The Labute approximate surface area is 99.7 Å². The van der Waals surface area contributed by atoms with Gasteiger partial charge < -0.3 is 9.72 Å². The third-order valence-corrected chi connectivity index (χ3v) is 3.48. The number of rotatable bonds is 2. The number of nitrogens with zero attached hydrogens (tertiary/aromatic N) is 2. The largest absolute Gasteiger partial charge is 0.316 e. The van der Waals surface area contributed by atoms with E-state index in [9.17, 15) is 4.39 Å². The van der Waals surface area contributed by atoms with Crippen LogP contribution in [0.25, 0.3) is 5.65 Å². The van der Waals surface area contributed by atoms with Gasteiger partial charge in [0.15, 0.2) is 0 Å². The molecule has 0 aliphatic carbocycles. The van der Waals surface area contributed by atoms with Gasteiger partial charge in [-0.05, 0) is 43.6 Å². The van der Waals surface area contributed by atoms with Gasteiger partial charge in [0.05, 0.1) is 0 Å². The fourth-order valence-corrected chi connectivity index (χ4v) is 2.48. The van der Waals surface area contributed by atoms with Crippen LogP contribution in [0.4, 0.5) is 4.39 Å². The molecule has 0 bridgehead atoms. The van der Waals surface area contributed by atoms with Crippen LogP contribution in [0, 0.1) is 0 Å². The Hall–Kier alpha value is -1.42. The van der Waals surface area contributed by atoms with E-state index < -0.39 is 5.67 Å². The Morgan fingerprint density at radius 1 is 1.35 bits per heavy atom. The van der Waals surface area contributed by atoms with Crippen molar-refractivity contribution in [1.82, 2.24) is 14.7 Å². The van der Waals surface area contributed by atoms with E-state index >= 15 is 0 Å². The Bertz CT molecular complexity index is 514. The number of fused-ring (bicyclic) bond motifs is 1. The Balaban J connectivity index is 1.83. The first-order valence-corrected chi connectivity index (χ1v) is 6.06. The monoisotopic (exact) mass is 233 g/mol. The molecule has 3 nitrogen and oxygen atoms in total. The van der Waals surface area contributed by atoms with Crippen LogP contribution in [0.2, 0.25) is 0 Å². The topological polar surface area (TPSA) is 29.3 Å². The third kappa shape index (κ3) is 2.17. The molecule has 3 rings (SSSR count). The number of nitrogens with one attached hydrogen (secondary N) is 1. The van der Waals surface area contributed by atoms with E-state index in [-0.39, 0.29) is 0 Å². The number of imidazole rings is 1. The number of aromatic nitrogens is 2. The van der Waals surface area contributed by atoms with Crippen molar-refractivity contribution < 1.29 is 4.39 Å². The van der Waals surface area contributed by atoms with Crippen LogP contribution in [0.3, 0.4) is 0 Å². The minimum absolute atomic E-state index is 0.498. The fraction of sp³-hybridized carbons (Fsp3) is 0.462. The van der Waals surface area contributed by atoms with Crippen molar-refractivity contribution in [2.24, 2.45) is 0 Å². The van der Waals surface area contributed by atoms with Gasteiger partial charge in [0, 0.05) is 25.0 Å². The van der Waals surface area contributed by atoms with Gasteiger partial charge in [-0.1, -0.05) is 0 Å². The predicted octanol–water partition coefficient (Wildman–Crippen LogP) is 1.97. The van der Waals surface area contributed by atoms with Gasteiger partial charge in [-0.2, -0.15) is 0 Å². The molecular formula is C13H16FN3. The summed E-state index contributed by atoms with van der Waals surface area (Å²) in [5.74, 6) is 0. The van der Waals surface area contributed by atoms with Crippen molar-refractivity contribution in [3.8, 4) is 0 Å². The van der Waals surface area contributed by atoms with Gasteiger partial charge in [-0.25, -0.2) is 9.37 Å². The molecule has 1 saturated heterocycles. The molecule has 2 aromatic heterocycles. The fourth-order valence-electron chi connectivity index (χ4n) is 2.48. The van der Waals surface area contributed by atoms with Crippen molar-refractivity contribution in [3.05, 3.63) is 36.3 Å². The molecule has 1 aliphatic rings. The molecule has 0 radical (unpaired) electrons. The molecule has 1 N–H and O–H groups in total. The molecule has 0 aromatic carbocycles. The Morgan fingerprint density at radius 2 is 2.18 bits per heavy atom. The standard InChI is InChI=1S/C13H16FN3/c14-13(2-4-15-5-3-13)10-11-1-7-17-8-6-16-12(17)9-11/h1,6-9,15H,2-5,10H2. The van der Waals surface area contributed by atoms with E-state index in [2.05, 4.69) is 10.3 Å². The molecular weight excluding hydrogens is 217 g/mol. The SMILES string of the molecule is FC1(Cc2ccn3ccnc3c2)CCNCC1. The van der Waals surface area contributed by atoms with Gasteiger partial charge in [-0.3, -0.25) is 0 Å². The summed E-state index contributed by atoms with van der Waals surface area (Å²) < 4.78 is 16.5. The quantitative estimate of drug-likeness (QED) is 0.859. The van der Waals surface area contributed by atoms with Crippen LogP contribution in [-0.4, -0.2) is 28.1 Å². The minimum atomic E-state index is -1.05. The van der Waals surface area contributed by atoms with Crippen LogP contribution < -0.4 is 5.32 Å². The number of halogens is 1. The van der Waals surface area contributed by atoms with Crippen LogP contribution in [0.1, 0.15) is 18.4 Å². The van der Waals surface area contributed by atoms with Gasteiger partial charge in [0.25, 0.3) is 0 Å².